The summed E-state index contributed by atoms with van der Waals surface area (Å²) in [5.41, 5.74) is 6.78. The average molecular weight is 866 g/mol. The number of benzene rings is 6. The maximum atomic E-state index is 5.33. The van der Waals surface area contributed by atoms with Crippen LogP contribution in [-0.2, 0) is 26.2 Å². The first-order valence-electron chi connectivity index (χ1n) is 20.9. The van der Waals surface area contributed by atoms with Crippen molar-refractivity contribution in [2.45, 2.75) is 105 Å². The second-order valence-corrected chi connectivity index (χ2v) is 19.1. The van der Waals surface area contributed by atoms with E-state index in [4.69, 9.17) is 10.6 Å². The Bertz CT molecular complexity index is 1970. The Morgan fingerprint density at radius 1 is 0.390 bits per heavy atom. The van der Waals surface area contributed by atoms with Crippen molar-refractivity contribution in [2.24, 2.45) is 0 Å². The standard InChI is InChI=1S/C40H56N4.2C7H7.Zr/c1-37(2,3)43(38(4,5)6)27-25-41-33-23-21-29-17-13-15-19-31(29)35(33)36-32-20-16-14-18-30(32)22-24-34(36)42-26-28-44(39(7,8)9)40(10,11)12;2*1-7-5-3-2-4-6-7;/h13-24H,25-28H2,1-12H3;2*2-6H,1H2;/q-2;2*-1;. The van der Waals surface area contributed by atoms with Gasteiger partial charge in [0, 0.05) is 48.4 Å². The molecule has 0 aliphatic heterocycles. The summed E-state index contributed by atoms with van der Waals surface area (Å²) in [6.07, 6.45) is 0. The van der Waals surface area contributed by atoms with Gasteiger partial charge >= 0.3 is 0 Å². The van der Waals surface area contributed by atoms with Crippen LogP contribution in [0.3, 0.4) is 0 Å². The Kier molecular flexibility index (Phi) is 18.0. The van der Waals surface area contributed by atoms with Crippen molar-refractivity contribution < 1.29 is 26.2 Å². The third kappa shape index (κ3) is 14.6. The molecule has 0 bridgehead atoms. The fraction of sp³-hybridized carbons (Fsp3) is 0.370. The van der Waals surface area contributed by atoms with Gasteiger partial charge in [-0.1, -0.05) is 84.9 Å². The number of fused-ring (bicyclic) bond motifs is 2. The summed E-state index contributed by atoms with van der Waals surface area (Å²) in [7, 11) is 0. The monoisotopic (exact) mass is 864 g/mol. The molecule has 314 valence electrons. The van der Waals surface area contributed by atoms with Crippen molar-refractivity contribution in [3.05, 3.63) is 169 Å². The van der Waals surface area contributed by atoms with Gasteiger partial charge in [0.25, 0.3) is 0 Å². The summed E-state index contributed by atoms with van der Waals surface area (Å²) in [4.78, 5) is 5.11. The van der Waals surface area contributed by atoms with E-state index in [1.54, 1.807) is 0 Å². The molecule has 4 nitrogen and oxygen atoms in total. The van der Waals surface area contributed by atoms with Crippen molar-refractivity contribution in [2.75, 3.05) is 26.2 Å². The number of nitrogens with zero attached hydrogens (tertiary/aromatic N) is 4. The Labute approximate surface area is 378 Å². The van der Waals surface area contributed by atoms with Crippen LogP contribution in [0.2, 0.25) is 0 Å². The van der Waals surface area contributed by atoms with Crippen molar-refractivity contribution in [3.8, 4) is 11.1 Å². The molecule has 0 saturated heterocycles. The van der Waals surface area contributed by atoms with Gasteiger partial charge in [-0.3, -0.25) is 9.80 Å². The molecule has 0 fully saturated rings. The van der Waals surface area contributed by atoms with Crippen LogP contribution in [0.25, 0.3) is 43.3 Å². The SMILES string of the molecule is CC(C)(C)N(CC[N-]c1ccc2ccccc2c1-c1c([N-]CCN(C(C)(C)C)C(C)(C)C)ccc2ccccc12)C(C)(C)C.[CH2-]c1ccccc1.[CH2-]c1ccccc1.[Zr]. The fourth-order valence-corrected chi connectivity index (χ4v) is 8.16. The minimum absolute atomic E-state index is 0. The van der Waals surface area contributed by atoms with Crippen molar-refractivity contribution >= 4 is 32.9 Å². The molecule has 0 atom stereocenters. The molecule has 0 aliphatic carbocycles. The molecular formula is C54H70N4Zr-4. The Morgan fingerprint density at radius 3 is 0.949 bits per heavy atom. The van der Waals surface area contributed by atoms with E-state index in [0.717, 1.165) is 48.7 Å². The second-order valence-electron chi connectivity index (χ2n) is 19.1. The summed E-state index contributed by atoms with van der Waals surface area (Å²) in [5.74, 6) is 0. The molecule has 59 heavy (non-hydrogen) atoms. The van der Waals surface area contributed by atoms with Crippen molar-refractivity contribution in [3.63, 3.8) is 0 Å². The van der Waals surface area contributed by atoms with E-state index >= 15 is 0 Å². The topological polar surface area (TPSA) is 34.7 Å². The second kappa shape index (κ2) is 21.5. The molecule has 0 aromatic heterocycles. The van der Waals surface area contributed by atoms with E-state index < -0.39 is 0 Å². The van der Waals surface area contributed by atoms with Gasteiger partial charge in [-0.15, -0.1) is 48.7 Å². The summed E-state index contributed by atoms with van der Waals surface area (Å²) in [6.45, 7) is 38.2. The predicted molar refractivity (Wildman–Crippen MR) is 257 cm³/mol. The molecule has 6 aromatic carbocycles. The average Bonchev–Trinajstić information content (AvgIpc) is 3.14. The van der Waals surface area contributed by atoms with Gasteiger partial charge in [0.1, 0.15) is 0 Å². The summed E-state index contributed by atoms with van der Waals surface area (Å²) >= 11 is 0. The molecule has 0 aliphatic rings. The van der Waals surface area contributed by atoms with Gasteiger partial charge < -0.3 is 10.6 Å². The largest absolute Gasteiger partial charge is 0.683 e. The van der Waals surface area contributed by atoms with Gasteiger partial charge in [-0.25, -0.2) is 0 Å². The van der Waals surface area contributed by atoms with E-state index in [0.29, 0.717) is 0 Å². The zero-order chi connectivity index (χ0) is 42.7. The van der Waals surface area contributed by atoms with Crippen LogP contribution in [0.4, 0.5) is 11.4 Å². The summed E-state index contributed by atoms with van der Waals surface area (Å²) in [5, 5.41) is 15.5. The number of hydrogen-bond acceptors (Lipinski definition) is 2. The van der Waals surface area contributed by atoms with Crippen LogP contribution >= 0.6 is 0 Å². The quantitative estimate of drug-likeness (QED) is 0.136. The van der Waals surface area contributed by atoms with Crippen LogP contribution in [0.15, 0.2) is 133 Å². The van der Waals surface area contributed by atoms with E-state index in [1.807, 2.05) is 60.7 Å². The number of hydrogen-bond donors (Lipinski definition) is 0. The summed E-state index contributed by atoms with van der Waals surface area (Å²) in [6, 6.07) is 46.0. The van der Waals surface area contributed by atoms with Gasteiger partial charge in [-0.05, 0) is 129 Å². The molecule has 0 unspecified atom stereocenters. The Balaban J connectivity index is 0.000000519. The predicted octanol–water partition coefficient (Wildman–Crippen LogP) is 15.2. The molecule has 0 N–H and O–H groups in total. The van der Waals surface area contributed by atoms with Gasteiger partial charge in [-0.2, -0.15) is 49.2 Å². The maximum absolute atomic E-state index is 5.33. The van der Waals surface area contributed by atoms with Gasteiger partial charge in [0.2, 0.25) is 0 Å². The Hall–Kier alpha value is -4.02. The van der Waals surface area contributed by atoms with Gasteiger partial charge in [0.15, 0.2) is 0 Å². The smallest absolute Gasteiger partial charge is 0.0129 e. The fourth-order valence-electron chi connectivity index (χ4n) is 8.16. The van der Waals surface area contributed by atoms with E-state index in [1.165, 1.54) is 32.7 Å². The van der Waals surface area contributed by atoms with E-state index in [-0.39, 0.29) is 48.4 Å². The molecule has 0 heterocycles. The number of rotatable bonds is 9. The third-order valence-electron chi connectivity index (χ3n) is 10.2. The molecule has 0 spiro atoms. The zero-order valence-corrected chi connectivity index (χ0v) is 40.7. The van der Waals surface area contributed by atoms with Crippen molar-refractivity contribution in [1.82, 2.24) is 9.80 Å². The zero-order valence-electron chi connectivity index (χ0n) is 38.2. The van der Waals surface area contributed by atoms with Crippen LogP contribution in [-0.4, -0.2) is 58.1 Å². The minimum atomic E-state index is 0. The van der Waals surface area contributed by atoms with Crippen LogP contribution < -0.4 is 0 Å². The first kappa shape index (κ1) is 49.3. The van der Waals surface area contributed by atoms with E-state index in [9.17, 15) is 0 Å². The molecule has 0 radical (unpaired) electrons. The molecular weight excluding hydrogens is 796 g/mol. The molecule has 5 heteroatoms. The summed E-state index contributed by atoms with van der Waals surface area (Å²) < 4.78 is 0. The molecule has 6 aromatic rings. The third-order valence-corrected chi connectivity index (χ3v) is 10.2. The first-order chi connectivity index (χ1) is 27.2. The molecule has 0 saturated carbocycles. The van der Waals surface area contributed by atoms with E-state index in [2.05, 4.69) is 180 Å². The molecule has 6 rings (SSSR count). The normalized spacial score (nSPS) is 12.0. The minimum Gasteiger partial charge on any atom is -0.683 e. The van der Waals surface area contributed by atoms with Crippen LogP contribution in [0.1, 0.15) is 94.2 Å². The first-order valence-corrected chi connectivity index (χ1v) is 20.9. The maximum Gasteiger partial charge on any atom is 0.0129 e. The van der Waals surface area contributed by atoms with Gasteiger partial charge in [0.05, 0.1) is 0 Å². The van der Waals surface area contributed by atoms with Crippen LogP contribution in [0.5, 0.6) is 0 Å². The molecule has 0 amide bonds. The van der Waals surface area contributed by atoms with Crippen molar-refractivity contribution in [1.29, 1.82) is 0 Å². The Morgan fingerprint density at radius 2 is 0.678 bits per heavy atom. The van der Waals surface area contributed by atoms with Crippen LogP contribution in [0, 0.1) is 13.8 Å².